The van der Waals surface area contributed by atoms with Crippen molar-refractivity contribution in [3.8, 4) is 17.3 Å². The van der Waals surface area contributed by atoms with Gasteiger partial charge in [-0.1, -0.05) is 6.07 Å². The van der Waals surface area contributed by atoms with E-state index in [4.69, 9.17) is 9.84 Å². The molecule has 2 amide bonds. The molecule has 4 rings (SSSR count). The number of carbonyl (C=O) groups is 2. The van der Waals surface area contributed by atoms with E-state index in [-0.39, 0.29) is 35.8 Å². The number of aromatic nitrogens is 6. The minimum atomic E-state index is -0.499. The number of tetrazole rings is 1. The van der Waals surface area contributed by atoms with Crippen LogP contribution in [0.3, 0.4) is 0 Å². The van der Waals surface area contributed by atoms with Crippen molar-refractivity contribution in [1.82, 2.24) is 40.8 Å². The number of aliphatic hydroxyl groups excluding tert-OH is 1. The molecule has 3 N–H and O–H groups in total. The van der Waals surface area contributed by atoms with Crippen LogP contribution in [-0.2, 0) is 17.9 Å². The van der Waals surface area contributed by atoms with Gasteiger partial charge in [0.2, 0.25) is 11.7 Å². The summed E-state index contributed by atoms with van der Waals surface area (Å²) in [4.78, 5) is 34.2. The van der Waals surface area contributed by atoms with Gasteiger partial charge in [0.15, 0.2) is 11.6 Å². The molecule has 0 radical (unpaired) electrons. The van der Waals surface area contributed by atoms with Gasteiger partial charge < -0.3 is 20.5 Å². The van der Waals surface area contributed by atoms with E-state index in [9.17, 15) is 14.0 Å². The van der Waals surface area contributed by atoms with Crippen LogP contribution >= 0.6 is 0 Å². The number of methoxy groups -OCH3 is 1. The quantitative estimate of drug-likeness (QED) is 0.383. The molecular weight excluding hydrogens is 483 g/mol. The van der Waals surface area contributed by atoms with Crippen molar-refractivity contribution in [2.45, 2.75) is 51.7 Å². The second-order valence-corrected chi connectivity index (χ2v) is 8.95. The number of carbonyl (C=O) groups excluding carboxylic acids is 2. The molecule has 0 aliphatic heterocycles. The van der Waals surface area contributed by atoms with Gasteiger partial charge in [0.25, 0.3) is 5.91 Å². The fourth-order valence-electron chi connectivity index (χ4n) is 4.30. The molecule has 1 saturated carbocycles. The SMILES string of the molecule is COc1cc(CNC(=O)c2cc(-c3nnn(C[C@H]4CC[C@H](NC(=O)CO)CC4)n3)nc(C)n2)ccc1F. The fourth-order valence-corrected chi connectivity index (χ4v) is 4.30. The molecule has 1 aliphatic carbocycles. The zero-order valence-corrected chi connectivity index (χ0v) is 20.6. The van der Waals surface area contributed by atoms with Crippen LogP contribution < -0.4 is 15.4 Å². The number of ether oxygens (including phenoxy) is 1. The van der Waals surface area contributed by atoms with Gasteiger partial charge >= 0.3 is 0 Å². The Labute approximate surface area is 212 Å². The zero-order chi connectivity index (χ0) is 26.4. The van der Waals surface area contributed by atoms with E-state index in [1.165, 1.54) is 30.1 Å². The lowest BCUT2D eigenvalue weighted by Gasteiger charge is -2.28. The van der Waals surface area contributed by atoms with Crippen LogP contribution in [0.2, 0.25) is 0 Å². The standard InChI is InChI=1S/C24H29FN8O4/c1-14-27-19(10-20(28-14)24(36)26-11-16-5-8-18(25)21(9-16)37-2)23-30-32-33(31-23)12-15-3-6-17(7-4-15)29-22(35)13-34/h5,8-10,15,17,34H,3-4,6-7,11-13H2,1-2H3,(H,26,36)(H,29,35)/t15-,17-. The first kappa shape index (κ1) is 26.1. The second kappa shape index (κ2) is 11.8. The van der Waals surface area contributed by atoms with E-state index in [0.29, 0.717) is 29.5 Å². The molecule has 196 valence electrons. The summed E-state index contributed by atoms with van der Waals surface area (Å²) >= 11 is 0. The van der Waals surface area contributed by atoms with Gasteiger partial charge in [-0.3, -0.25) is 9.59 Å². The van der Waals surface area contributed by atoms with Crippen molar-refractivity contribution in [1.29, 1.82) is 0 Å². The summed E-state index contributed by atoms with van der Waals surface area (Å²) in [6.07, 6.45) is 3.44. The van der Waals surface area contributed by atoms with Gasteiger partial charge in [-0.2, -0.15) is 4.80 Å². The van der Waals surface area contributed by atoms with Crippen LogP contribution in [0.15, 0.2) is 24.3 Å². The van der Waals surface area contributed by atoms with Crippen LogP contribution in [0, 0.1) is 18.7 Å². The zero-order valence-electron chi connectivity index (χ0n) is 20.6. The normalized spacial score (nSPS) is 17.3. The Balaban J connectivity index is 1.36. The highest BCUT2D eigenvalue weighted by atomic mass is 19.1. The van der Waals surface area contributed by atoms with Crippen molar-refractivity contribution < 1.29 is 23.8 Å². The van der Waals surface area contributed by atoms with Crippen LogP contribution in [0.5, 0.6) is 5.75 Å². The third-order valence-corrected chi connectivity index (χ3v) is 6.20. The number of benzene rings is 1. The van der Waals surface area contributed by atoms with Crippen LogP contribution in [-0.4, -0.2) is 66.9 Å². The Bertz CT molecular complexity index is 1260. The predicted molar refractivity (Wildman–Crippen MR) is 129 cm³/mol. The maximum absolute atomic E-state index is 13.6. The summed E-state index contributed by atoms with van der Waals surface area (Å²) in [5, 5.41) is 27.1. The summed E-state index contributed by atoms with van der Waals surface area (Å²) in [6.45, 7) is 1.91. The molecule has 2 heterocycles. The highest BCUT2D eigenvalue weighted by Gasteiger charge is 2.24. The Morgan fingerprint density at radius 3 is 2.70 bits per heavy atom. The Kier molecular flexibility index (Phi) is 8.33. The number of halogens is 1. The largest absolute Gasteiger partial charge is 0.494 e. The number of hydrogen-bond acceptors (Lipinski definition) is 9. The molecule has 1 aliphatic rings. The van der Waals surface area contributed by atoms with E-state index in [1.807, 2.05) is 0 Å². The van der Waals surface area contributed by atoms with Crippen molar-refractivity contribution in [2.24, 2.45) is 5.92 Å². The van der Waals surface area contributed by atoms with Crippen molar-refractivity contribution >= 4 is 11.8 Å². The smallest absolute Gasteiger partial charge is 0.270 e. The number of aliphatic hydroxyl groups is 1. The molecule has 13 heteroatoms. The number of amides is 2. The lowest BCUT2D eigenvalue weighted by atomic mass is 9.86. The van der Waals surface area contributed by atoms with Crippen molar-refractivity contribution in [3.63, 3.8) is 0 Å². The minimum Gasteiger partial charge on any atom is -0.494 e. The summed E-state index contributed by atoms with van der Waals surface area (Å²) in [5.41, 5.74) is 1.20. The Morgan fingerprint density at radius 2 is 1.97 bits per heavy atom. The van der Waals surface area contributed by atoms with E-state index < -0.39 is 18.3 Å². The van der Waals surface area contributed by atoms with E-state index in [2.05, 4.69) is 36.0 Å². The van der Waals surface area contributed by atoms with E-state index in [1.54, 1.807) is 13.0 Å². The molecule has 1 aromatic carbocycles. The maximum atomic E-state index is 13.6. The van der Waals surface area contributed by atoms with Gasteiger partial charge in [-0.15, -0.1) is 10.2 Å². The van der Waals surface area contributed by atoms with Gasteiger partial charge in [0.1, 0.15) is 23.8 Å². The molecule has 2 aromatic heterocycles. The average Bonchev–Trinajstić information content (AvgIpc) is 3.37. The highest BCUT2D eigenvalue weighted by Crippen LogP contribution is 2.25. The number of nitrogens with zero attached hydrogens (tertiary/aromatic N) is 6. The summed E-state index contributed by atoms with van der Waals surface area (Å²) in [7, 11) is 1.38. The molecular formula is C24H29FN8O4. The highest BCUT2D eigenvalue weighted by molar-refractivity contribution is 5.93. The lowest BCUT2D eigenvalue weighted by Crippen LogP contribution is -2.39. The van der Waals surface area contributed by atoms with Gasteiger partial charge in [-0.25, -0.2) is 14.4 Å². The number of aryl methyl sites for hydroxylation is 1. The first-order chi connectivity index (χ1) is 17.8. The first-order valence-corrected chi connectivity index (χ1v) is 12.0. The molecule has 1 fully saturated rings. The van der Waals surface area contributed by atoms with Crippen LogP contribution in [0.4, 0.5) is 4.39 Å². The molecule has 37 heavy (non-hydrogen) atoms. The number of hydrogen-bond donors (Lipinski definition) is 3. The molecule has 0 bridgehead atoms. The molecule has 12 nitrogen and oxygen atoms in total. The van der Waals surface area contributed by atoms with Gasteiger partial charge in [0.05, 0.1) is 13.7 Å². The van der Waals surface area contributed by atoms with Crippen molar-refractivity contribution in [2.75, 3.05) is 13.7 Å². The summed E-state index contributed by atoms with van der Waals surface area (Å²) in [6, 6.07) is 5.95. The minimum absolute atomic E-state index is 0.0776. The second-order valence-electron chi connectivity index (χ2n) is 8.95. The Morgan fingerprint density at radius 1 is 1.19 bits per heavy atom. The average molecular weight is 513 g/mol. The molecule has 3 aromatic rings. The Hall–Kier alpha value is -4.00. The van der Waals surface area contributed by atoms with E-state index in [0.717, 1.165) is 25.7 Å². The topological polar surface area (TPSA) is 157 Å². The van der Waals surface area contributed by atoms with Crippen LogP contribution in [0.25, 0.3) is 11.5 Å². The molecule has 0 atom stereocenters. The number of rotatable bonds is 9. The van der Waals surface area contributed by atoms with Gasteiger partial charge in [0, 0.05) is 12.6 Å². The lowest BCUT2D eigenvalue weighted by molar-refractivity contribution is -0.124. The third kappa shape index (κ3) is 6.82. The van der Waals surface area contributed by atoms with E-state index >= 15 is 0 Å². The summed E-state index contributed by atoms with van der Waals surface area (Å²) < 4.78 is 18.6. The van der Waals surface area contributed by atoms with Gasteiger partial charge in [-0.05, 0) is 67.5 Å². The van der Waals surface area contributed by atoms with Crippen LogP contribution in [0.1, 0.15) is 47.6 Å². The number of nitrogens with one attached hydrogen (secondary N) is 2. The molecule has 0 unspecified atom stereocenters. The monoisotopic (exact) mass is 512 g/mol. The summed E-state index contributed by atoms with van der Waals surface area (Å²) in [5.74, 6) is -0.154. The maximum Gasteiger partial charge on any atom is 0.270 e. The predicted octanol–water partition coefficient (Wildman–Crippen LogP) is 1.18. The van der Waals surface area contributed by atoms with Crippen molar-refractivity contribution in [3.05, 3.63) is 47.2 Å². The molecule has 0 spiro atoms. The fraction of sp³-hybridized carbons (Fsp3) is 0.458. The molecule has 0 saturated heterocycles. The first-order valence-electron chi connectivity index (χ1n) is 12.0. The third-order valence-electron chi connectivity index (χ3n) is 6.20.